The first-order chi connectivity index (χ1) is 7.69. The van der Waals surface area contributed by atoms with Crippen molar-refractivity contribution >= 4 is 11.7 Å². The summed E-state index contributed by atoms with van der Waals surface area (Å²) in [7, 11) is 0. The molecule has 0 saturated heterocycles. The van der Waals surface area contributed by atoms with Crippen LogP contribution in [0.5, 0.6) is 0 Å². The number of hydrogen-bond donors (Lipinski definition) is 2. The molecule has 0 aliphatic carbocycles. The Kier molecular flexibility index (Phi) is 3.70. The largest absolute Gasteiger partial charge is 0.333 e. The topological polar surface area (TPSA) is 41.1 Å². The molecule has 1 aromatic carbocycles. The Balaban J connectivity index is 2.82. The minimum Gasteiger partial charge on any atom is -0.333 e. The lowest BCUT2D eigenvalue weighted by Crippen LogP contribution is -2.43. The standard InChI is InChI=1S/C12H16F2N2O/c1-7-5-9(14)10(6-8(7)13)15-11(17)16-12(2,3)4/h5-6H,1-4H3,(H2,15,16,17). The Bertz CT molecular complexity index is 439. The van der Waals surface area contributed by atoms with Crippen molar-refractivity contribution in [2.45, 2.75) is 33.2 Å². The van der Waals surface area contributed by atoms with Gasteiger partial charge in [-0.3, -0.25) is 0 Å². The highest BCUT2D eigenvalue weighted by molar-refractivity contribution is 5.89. The SMILES string of the molecule is Cc1cc(F)c(NC(=O)NC(C)(C)C)cc1F. The van der Waals surface area contributed by atoms with Gasteiger partial charge in [-0.2, -0.15) is 0 Å². The molecule has 0 radical (unpaired) electrons. The Labute approximate surface area is 99.2 Å². The van der Waals surface area contributed by atoms with E-state index in [0.717, 1.165) is 12.1 Å². The third-order valence-electron chi connectivity index (χ3n) is 1.99. The molecule has 0 bridgehead atoms. The second-order valence-electron chi connectivity index (χ2n) is 4.91. The van der Waals surface area contributed by atoms with E-state index in [1.165, 1.54) is 6.92 Å². The molecule has 0 unspecified atom stereocenters. The molecular formula is C12H16F2N2O. The summed E-state index contributed by atoms with van der Waals surface area (Å²) in [5.41, 5.74) is -0.414. The molecule has 0 aromatic heterocycles. The van der Waals surface area contributed by atoms with Gasteiger partial charge in [0.1, 0.15) is 11.6 Å². The van der Waals surface area contributed by atoms with Gasteiger partial charge in [-0.25, -0.2) is 13.6 Å². The number of rotatable bonds is 1. The van der Waals surface area contributed by atoms with E-state index in [-0.39, 0.29) is 11.3 Å². The molecule has 0 fully saturated rings. The van der Waals surface area contributed by atoms with Crippen LogP contribution < -0.4 is 10.6 Å². The second-order valence-corrected chi connectivity index (χ2v) is 4.91. The average Bonchev–Trinajstić information content (AvgIpc) is 2.11. The minimum atomic E-state index is -0.659. The molecule has 1 aromatic rings. The zero-order valence-electron chi connectivity index (χ0n) is 10.3. The van der Waals surface area contributed by atoms with Gasteiger partial charge in [0.15, 0.2) is 0 Å². The van der Waals surface area contributed by atoms with Crippen LogP contribution in [0.25, 0.3) is 0 Å². The molecule has 94 valence electrons. The van der Waals surface area contributed by atoms with E-state index in [1.807, 2.05) is 0 Å². The third-order valence-corrected chi connectivity index (χ3v) is 1.99. The second kappa shape index (κ2) is 4.69. The van der Waals surface area contributed by atoms with E-state index < -0.39 is 23.2 Å². The number of anilines is 1. The molecule has 0 aliphatic rings. The fourth-order valence-electron chi connectivity index (χ4n) is 1.24. The predicted molar refractivity (Wildman–Crippen MR) is 63.0 cm³/mol. The highest BCUT2D eigenvalue weighted by atomic mass is 19.1. The van der Waals surface area contributed by atoms with Crippen molar-refractivity contribution in [1.82, 2.24) is 5.32 Å². The molecule has 5 heteroatoms. The molecule has 0 aliphatic heterocycles. The van der Waals surface area contributed by atoms with Crippen molar-refractivity contribution < 1.29 is 13.6 Å². The number of amides is 2. The molecule has 0 heterocycles. The van der Waals surface area contributed by atoms with Crippen LogP contribution in [0.2, 0.25) is 0 Å². The fourth-order valence-corrected chi connectivity index (χ4v) is 1.24. The van der Waals surface area contributed by atoms with Crippen LogP contribution in [0.15, 0.2) is 12.1 Å². The molecular weight excluding hydrogens is 226 g/mol. The normalized spacial score (nSPS) is 11.2. The highest BCUT2D eigenvalue weighted by Gasteiger charge is 2.15. The summed E-state index contributed by atoms with van der Waals surface area (Å²) in [6.45, 7) is 6.83. The number of nitrogens with one attached hydrogen (secondary N) is 2. The summed E-state index contributed by atoms with van der Waals surface area (Å²) >= 11 is 0. The first kappa shape index (κ1) is 13.4. The highest BCUT2D eigenvalue weighted by Crippen LogP contribution is 2.18. The van der Waals surface area contributed by atoms with E-state index in [9.17, 15) is 13.6 Å². The molecule has 17 heavy (non-hydrogen) atoms. The maximum atomic E-state index is 13.4. The summed E-state index contributed by atoms with van der Waals surface area (Å²) in [6.07, 6.45) is 0. The lowest BCUT2D eigenvalue weighted by Gasteiger charge is -2.21. The summed E-state index contributed by atoms with van der Waals surface area (Å²) < 4.78 is 26.6. The quantitative estimate of drug-likeness (QED) is 0.780. The lowest BCUT2D eigenvalue weighted by atomic mass is 10.1. The number of carbonyl (C=O) groups excluding carboxylic acids is 1. The number of benzene rings is 1. The molecule has 0 saturated carbocycles. The number of aryl methyl sites for hydroxylation is 1. The van der Waals surface area contributed by atoms with Gasteiger partial charge in [-0.1, -0.05) is 0 Å². The van der Waals surface area contributed by atoms with Gasteiger partial charge in [0.2, 0.25) is 0 Å². The van der Waals surface area contributed by atoms with Crippen molar-refractivity contribution in [3.8, 4) is 0 Å². The molecule has 0 spiro atoms. The van der Waals surface area contributed by atoms with Gasteiger partial charge < -0.3 is 10.6 Å². The van der Waals surface area contributed by atoms with Crippen LogP contribution in [0, 0.1) is 18.6 Å². The number of urea groups is 1. The Morgan fingerprint density at radius 1 is 1.18 bits per heavy atom. The number of hydrogen-bond acceptors (Lipinski definition) is 1. The van der Waals surface area contributed by atoms with Crippen LogP contribution in [0.1, 0.15) is 26.3 Å². The van der Waals surface area contributed by atoms with Gasteiger partial charge in [0.05, 0.1) is 5.69 Å². The summed E-state index contributed by atoms with van der Waals surface area (Å²) in [6, 6.07) is 1.44. The Morgan fingerprint density at radius 3 is 2.29 bits per heavy atom. The summed E-state index contributed by atoms with van der Waals surface area (Å²) in [5.74, 6) is -1.22. The maximum Gasteiger partial charge on any atom is 0.319 e. The van der Waals surface area contributed by atoms with Crippen molar-refractivity contribution in [2.75, 3.05) is 5.32 Å². The van der Waals surface area contributed by atoms with Gasteiger partial charge in [0, 0.05) is 11.6 Å². The van der Waals surface area contributed by atoms with Crippen molar-refractivity contribution in [3.63, 3.8) is 0 Å². The minimum absolute atomic E-state index is 0.171. The van der Waals surface area contributed by atoms with Crippen LogP contribution >= 0.6 is 0 Å². The lowest BCUT2D eigenvalue weighted by molar-refractivity contribution is 0.243. The van der Waals surface area contributed by atoms with Crippen LogP contribution in [0.3, 0.4) is 0 Å². The van der Waals surface area contributed by atoms with Crippen molar-refractivity contribution in [1.29, 1.82) is 0 Å². The maximum absolute atomic E-state index is 13.4. The monoisotopic (exact) mass is 242 g/mol. The molecule has 1 rings (SSSR count). The third kappa shape index (κ3) is 4.01. The average molecular weight is 242 g/mol. The predicted octanol–water partition coefficient (Wildman–Crippen LogP) is 3.19. The number of carbonyl (C=O) groups is 1. The Hall–Kier alpha value is -1.65. The van der Waals surface area contributed by atoms with E-state index in [2.05, 4.69) is 10.6 Å². The van der Waals surface area contributed by atoms with Crippen molar-refractivity contribution in [2.24, 2.45) is 0 Å². The van der Waals surface area contributed by atoms with E-state index >= 15 is 0 Å². The van der Waals surface area contributed by atoms with Gasteiger partial charge in [0.25, 0.3) is 0 Å². The fraction of sp³-hybridized carbons (Fsp3) is 0.417. The zero-order chi connectivity index (χ0) is 13.2. The zero-order valence-corrected chi connectivity index (χ0v) is 10.3. The van der Waals surface area contributed by atoms with E-state index in [4.69, 9.17) is 0 Å². The van der Waals surface area contributed by atoms with Gasteiger partial charge >= 0.3 is 6.03 Å². The molecule has 3 nitrogen and oxygen atoms in total. The summed E-state index contributed by atoms with van der Waals surface area (Å²) in [5, 5.41) is 4.86. The van der Waals surface area contributed by atoms with Gasteiger partial charge in [-0.05, 0) is 39.3 Å². The molecule has 0 atom stereocenters. The van der Waals surface area contributed by atoms with Crippen LogP contribution in [-0.4, -0.2) is 11.6 Å². The van der Waals surface area contributed by atoms with Crippen LogP contribution in [0.4, 0.5) is 19.3 Å². The van der Waals surface area contributed by atoms with Gasteiger partial charge in [-0.15, -0.1) is 0 Å². The number of halogens is 2. The Morgan fingerprint density at radius 2 is 1.76 bits per heavy atom. The first-order valence-corrected chi connectivity index (χ1v) is 5.24. The molecule has 2 N–H and O–H groups in total. The van der Waals surface area contributed by atoms with E-state index in [0.29, 0.717) is 0 Å². The van der Waals surface area contributed by atoms with Crippen LogP contribution in [-0.2, 0) is 0 Å². The smallest absolute Gasteiger partial charge is 0.319 e. The first-order valence-electron chi connectivity index (χ1n) is 5.24. The van der Waals surface area contributed by atoms with E-state index in [1.54, 1.807) is 20.8 Å². The summed E-state index contributed by atoms with van der Waals surface area (Å²) in [4.78, 5) is 11.5. The molecule has 2 amide bonds. The van der Waals surface area contributed by atoms with Crippen molar-refractivity contribution in [3.05, 3.63) is 29.3 Å².